The highest BCUT2D eigenvalue weighted by Gasteiger charge is 2.39. The summed E-state index contributed by atoms with van der Waals surface area (Å²) in [5, 5.41) is 3.65. The molecule has 0 saturated carbocycles. The van der Waals surface area contributed by atoms with E-state index in [0.717, 1.165) is 0 Å². The number of ether oxygens (including phenoxy) is 3. The van der Waals surface area contributed by atoms with Crippen molar-refractivity contribution in [1.29, 1.82) is 0 Å². The second kappa shape index (κ2) is 10.3. The normalized spacial score (nSPS) is 13.7. The molecule has 0 fully saturated rings. The summed E-state index contributed by atoms with van der Waals surface area (Å²) >= 11 is 6.01. The van der Waals surface area contributed by atoms with E-state index in [2.05, 4.69) is 5.32 Å². The van der Waals surface area contributed by atoms with Gasteiger partial charge in [0.05, 0.1) is 25.5 Å². The highest BCUT2D eigenvalue weighted by Crippen LogP contribution is 2.35. The topological polar surface area (TPSA) is 77.1 Å². The molecule has 2 amide bonds. The monoisotopic (exact) mass is 444 g/mol. The van der Waals surface area contributed by atoms with Crippen molar-refractivity contribution in [2.45, 2.75) is 13.3 Å². The lowest BCUT2D eigenvalue weighted by Gasteiger charge is -2.16. The van der Waals surface area contributed by atoms with Crippen LogP contribution in [0.3, 0.4) is 0 Å². The number of methoxy groups -OCH3 is 2. The summed E-state index contributed by atoms with van der Waals surface area (Å²) in [4.78, 5) is 27.7. The molecule has 0 unspecified atom stereocenters. The number of imide groups is 1. The van der Waals surface area contributed by atoms with Crippen LogP contribution in [-0.4, -0.2) is 50.7 Å². The third kappa shape index (κ3) is 5.00. The number of hydrogen-bond donors (Lipinski definition) is 1. The molecule has 1 aliphatic heterocycles. The average Bonchev–Trinajstić information content (AvgIpc) is 3.01. The summed E-state index contributed by atoms with van der Waals surface area (Å²) < 4.78 is 16.0. The first-order chi connectivity index (χ1) is 15.0. The lowest BCUT2D eigenvalue weighted by molar-refractivity contribution is -0.137. The van der Waals surface area contributed by atoms with E-state index in [1.165, 1.54) is 12.0 Å². The van der Waals surface area contributed by atoms with Crippen LogP contribution in [-0.2, 0) is 14.3 Å². The Morgan fingerprint density at radius 1 is 1.00 bits per heavy atom. The Morgan fingerprint density at radius 2 is 1.74 bits per heavy atom. The number of benzene rings is 2. The highest BCUT2D eigenvalue weighted by molar-refractivity contribution is 6.37. The molecular weight excluding hydrogens is 420 g/mol. The first-order valence-electron chi connectivity index (χ1n) is 9.93. The van der Waals surface area contributed by atoms with Crippen molar-refractivity contribution in [3.63, 3.8) is 0 Å². The molecule has 0 atom stereocenters. The molecule has 1 N–H and O–H groups in total. The number of carbonyl (C=O) groups is 2. The molecule has 0 spiro atoms. The van der Waals surface area contributed by atoms with Crippen molar-refractivity contribution in [1.82, 2.24) is 4.90 Å². The predicted octanol–water partition coefficient (Wildman–Crippen LogP) is 3.98. The van der Waals surface area contributed by atoms with Gasteiger partial charge in [-0.2, -0.15) is 0 Å². The first-order valence-corrected chi connectivity index (χ1v) is 10.3. The van der Waals surface area contributed by atoms with Gasteiger partial charge in [-0.25, -0.2) is 0 Å². The minimum atomic E-state index is -0.406. The molecule has 31 heavy (non-hydrogen) atoms. The van der Waals surface area contributed by atoms with Crippen molar-refractivity contribution < 1.29 is 23.8 Å². The Labute approximate surface area is 186 Å². The van der Waals surface area contributed by atoms with Gasteiger partial charge in [-0.1, -0.05) is 23.7 Å². The van der Waals surface area contributed by atoms with Crippen LogP contribution in [0.4, 0.5) is 5.69 Å². The molecule has 0 aliphatic carbocycles. The largest absolute Gasteiger partial charge is 0.497 e. The van der Waals surface area contributed by atoms with Crippen molar-refractivity contribution in [3.8, 4) is 11.5 Å². The summed E-state index contributed by atoms with van der Waals surface area (Å²) in [5.41, 5.74) is 1.57. The zero-order valence-electron chi connectivity index (χ0n) is 17.7. The number of hydrogen-bond acceptors (Lipinski definition) is 6. The number of nitrogens with zero attached hydrogens (tertiary/aromatic N) is 1. The van der Waals surface area contributed by atoms with Crippen molar-refractivity contribution in [2.24, 2.45) is 0 Å². The lowest BCUT2D eigenvalue weighted by Crippen LogP contribution is -2.34. The molecule has 2 aromatic carbocycles. The molecule has 0 bridgehead atoms. The van der Waals surface area contributed by atoms with Crippen LogP contribution in [0.2, 0.25) is 5.02 Å². The molecule has 0 radical (unpaired) electrons. The zero-order valence-corrected chi connectivity index (χ0v) is 18.5. The summed E-state index contributed by atoms with van der Waals surface area (Å²) in [5.74, 6) is 0.325. The van der Waals surface area contributed by atoms with Gasteiger partial charge in [0.1, 0.15) is 17.2 Å². The van der Waals surface area contributed by atoms with Crippen molar-refractivity contribution in [2.75, 3.05) is 39.3 Å². The first kappa shape index (κ1) is 22.7. The van der Waals surface area contributed by atoms with Crippen LogP contribution < -0.4 is 14.8 Å². The predicted molar refractivity (Wildman–Crippen MR) is 119 cm³/mol. The van der Waals surface area contributed by atoms with E-state index in [9.17, 15) is 9.59 Å². The SMILES string of the molecule is CCOCCCN1C(=O)C(Nc2cc(OC)ccc2OC)=C(c2ccc(Cl)cc2)C1=O. The minimum Gasteiger partial charge on any atom is -0.497 e. The van der Waals surface area contributed by atoms with Crippen LogP contribution in [0.25, 0.3) is 5.57 Å². The Morgan fingerprint density at radius 3 is 2.39 bits per heavy atom. The van der Waals surface area contributed by atoms with E-state index in [1.54, 1.807) is 49.6 Å². The second-order valence-corrected chi connectivity index (χ2v) is 7.20. The molecule has 0 aromatic heterocycles. The van der Waals surface area contributed by atoms with Gasteiger partial charge in [0.2, 0.25) is 0 Å². The van der Waals surface area contributed by atoms with Gasteiger partial charge in [-0.15, -0.1) is 0 Å². The van der Waals surface area contributed by atoms with E-state index in [-0.39, 0.29) is 23.7 Å². The smallest absolute Gasteiger partial charge is 0.278 e. The average molecular weight is 445 g/mol. The quantitative estimate of drug-likeness (QED) is 0.441. The summed E-state index contributed by atoms with van der Waals surface area (Å²) in [6.07, 6.45) is 0.551. The fourth-order valence-electron chi connectivity index (χ4n) is 3.29. The Balaban J connectivity index is 2.00. The van der Waals surface area contributed by atoms with Gasteiger partial charge < -0.3 is 19.5 Å². The number of halogens is 1. The van der Waals surface area contributed by atoms with Crippen LogP contribution in [0.1, 0.15) is 18.9 Å². The second-order valence-electron chi connectivity index (χ2n) is 6.76. The van der Waals surface area contributed by atoms with Gasteiger partial charge in [0, 0.05) is 30.8 Å². The fourth-order valence-corrected chi connectivity index (χ4v) is 3.42. The van der Waals surface area contributed by atoms with E-state index in [4.69, 9.17) is 25.8 Å². The van der Waals surface area contributed by atoms with Gasteiger partial charge in [-0.05, 0) is 43.2 Å². The number of anilines is 1. The molecule has 1 aliphatic rings. The minimum absolute atomic E-state index is 0.176. The van der Waals surface area contributed by atoms with Crippen molar-refractivity contribution >= 4 is 34.7 Å². The standard InChI is InChI=1S/C23H25ClN2O5/c1-4-31-13-5-12-26-22(27)20(15-6-8-16(24)9-7-15)21(23(26)28)25-18-14-17(29-2)10-11-19(18)30-3/h6-11,14,25H,4-5,12-13H2,1-3H3. The van der Waals surface area contributed by atoms with Gasteiger partial charge in [0.15, 0.2) is 0 Å². The summed E-state index contributed by atoms with van der Waals surface area (Å²) in [7, 11) is 3.08. The molecule has 8 heteroatoms. The van der Waals surface area contributed by atoms with Crippen molar-refractivity contribution in [3.05, 3.63) is 58.7 Å². The summed E-state index contributed by atoms with van der Waals surface area (Å²) in [6.45, 7) is 3.21. The van der Waals surface area contributed by atoms with E-state index >= 15 is 0 Å². The maximum atomic E-state index is 13.2. The van der Waals surface area contributed by atoms with E-state index in [1.807, 2.05) is 6.92 Å². The molecular formula is C23H25ClN2O5. The molecule has 1 heterocycles. The lowest BCUT2D eigenvalue weighted by atomic mass is 10.0. The molecule has 7 nitrogen and oxygen atoms in total. The third-order valence-corrected chi connectivity index (χ3v) is 5.09. The van der Waals surface area contributed by atoms with E-state index < -0.39 is 5.91 Å². The maximum absolute atomic E-state index is 13.2. The molecule has 0 saturated heterocycles. The zero-order chi connectivity index (χ0) is 22.4. The molecule has 3 rings (SSSR count). The maximum Gasteiger partial charge on any atom is 0.278 e. The number of nitrogens with one attached hydrogen (secondary N) is 1. The number of carbonyl (C=O) groups excluding carboxylic acids is 2. The Kier molecular flexibility index (Phi) is 7.55. The Bertz CT molecular complexity index is 988. The van der Waals surface area contributed by atoms with Crippen LogP contribution in [0.15, 0.2) is 48.2 Å². The number of rotatable bonds is 10. The van der Waals surface area contributed by atoms with E-state index in [0.29, 0.717) is 47.4 Å². The summed E-state index contributed by atoms with van der Waals surface area (Å²) in [6, 6.07) is 12.0. The van der Waals surface area contributed by atoms with Gasteiger partial charge >= 0.3 is 0 Å². The fraction of sp³-hybridized carbons (Fsp3) is 0.304. The highest BCUT2D eigenvalue weighted by atomic mass is 35.5. The van der Waals surface area contributed by atoms with Crippen LogP contribution in [0, 0.1) is 0 Å². The van der Waals surface area contributed by atoms with Gasteiger partial charge in [-0.3, -0.25) is 14.5 Å². The Hall–Kier alpha value is -3.03. The van der Waals surface area contributed by atoms with Crippen LogP contribution >= 0.6 is 11.6 Å². The molecule has 2 aromatic rings. The van der Waals surface area contributed by atoms with Crippen LogP contribution in [0.5, 0.6) is 11.5 Å². The van der Waals surface area contributed by atoms with Gasteiger partial charge in [0.25, 0.3) is 11.8 Å². The number of amides is 2. The molecule has 164 valence electrons. The third-order valence-electron chi connectivity index (χ3n) is 4.84.